The standard InChI is InChI=1S/C12H21N2O3PS2/c1-5-7-19-18(15,16-4)20-9-11-8-12(17-6-2)14-10(3)13-11/h8H,5-7,9H2,1-4H3. The van der Waals surface area contributed by atoms with Gasteiger partial charge in [0.15, 0.2) is 0 Å². The molecule has 0 amide bonds. The third kappa shape index (κ3) is 6.04. The van der Waals surface area contributed by atoms with Crippen LogP contribution < -0.4 is 4.74 Å². The molecule has 1 aromatic rings. The zero-order valence-electron chi connectivity index (χ0n) is 12.3. The highest BCUT2D eigenvalue weighted by molar-refractivity contribution is 8.89. The van der Waals surface area contributed by atoms with Gasteiger partial charge in [-0.3, -0.25) is 4.57 Å². The van der Waals surface area contributed by atoms with E-state index in [-0.39, 0.29) is 0 Å². The van der Waals surface area contributed by atoms with Crippen molar-refractivity contribution < 1.29 is 13.8 Å². The van der Waals surface area contributed by atoms with E-state index in [9.17, 15) is 4.57 Å². The van der Waals surface area contributed by atoms with Crippen molar-refractivity contribution in [2.75, 3.05) is 19.5 Å². The molecule has 1 heterocycles. The first kappa shape index (κ1) is 17.8. The zero-order chi connectivity index (χ0) is 15.0. The van der Waals surface area contributed by atoms with Crippen molar-refractivity contribution in [2.24, 2.45) is 0 Å². The number of aromatic nitrogens is 2. The van der Waals surface area contributed by atoms with Crippen molar-refractivity contribution in [1.29, 1.82) is 0 Å². The minimum atomic E-state index is -2.70. The summed E-state index contributed by atoms with van der Waals surface area (Å²) in [5, 5.41) is 0. The van der Waals surface area contributed by atoms with E-state index in [0.717, 1.165) is 17.9 Å². The van der Waals surface area contributed by atoms with Gasteiger partial charge in [0.2, 0.25) is 5.88 Å². The zero-order valence-corrected chi connectivity index (χ0v) is 14.8. The first-order valence-electron chi connectivity index (χ1n) is 6.45. The van der Waals surface area contributed by atoms with Crippen molar-refractivity contribution in [3.8, 4) is 5.88 Å². The summed E-state index contributed by atoms with van der Waals surface area (Å²) in [6, 6.07) is 1.79. The van der Waals surface area contributed by atoms with Crippen LogP contribution in [0.1, 0.15) is 31.8 Å². The number of hydrogen-bond donors (Lipinski definition) is 0. The van der Waals surface area contributed by atoms with Gasteiger partial charge < -0.3 is 9.26 Å². The molecule has 0 N–H and O–H groups in total. The Hall–Kier alpha value is -0.230. The van der Waals surface area contributed by atoms with Crippen molar-refractivity contribution in [2.45, 2.75) is 32.9 Å². The van der Waals surface area contributed by atoms with Gasteiger partial charge in [-0.05, 0) is 20.3 Å². The van der Waals surface area contributed by atoms with Gasteiger partial charge in [-0.15, -0.1) is 0 Å². The second kappa shape index (κ2) is 8.93. The molecule has 0 radical (unpaired) electrons. The predicted molar refractivity (Wildman–Crippen MR) is 86.6 cm³/mol. The molecule has 5 nitrogen and oxygen atoms in total. The van der Waals surface area contributed by atoms with Gasteiger partial charge in [0, 0.05) is 24.7 Å². The SMILES string of the molecule is CCCSP(=O)(OC)SCc1cc(OCC)nc(C)n1. The van der Waals surface area contributed by atoms with Crippen molar-refractivity contribution in [3.63, 3.8) is 0 Å². The molecule has 1 atom stereocenters. The normalized spacial score (nSPS) is 14.0. The van der Waals surface area contributed by atoms with Crippen LogP contribution in [-0.2, 0) is 14.8 Å². The van der Waals surface area contributed by atoms with Crippen LogP contribution in [0.3, 0.4) is 0 Å². The van der Waals surface area contributed by atoms with Gasteiger partial charge in [-0.1, -0.05) is 29.7 Å². The number of rotatable bonds is 9. The lowest BCUT2D eigenvalue weighted by molar-refractivity contribution is 0.325. The highest BCUT2D eigenvalue weighted by Gasteiger charge is 2.23. The maximum Gasteiger partial charge on any atom is 0.313 e. The van der Waals surface area contributed by atoms with Crippen molar-refractivity contribution in [1.82, 2.24) is 9.97 Å². The molecule has 8 heteroatoms. The molecule has 1 aromatic heterocycles. The number of aryl methyl sites for hydroxylation is 1. The predicted octanol–water partition coefficient (Wildman–Crippen LogP) is 4.31. The molecule has 1 unspecified atom stereocenters. The van der Waals surface area contributed by atoms with Crippen LogP contribution in [0.15, 0.2) is 6.07 Å². The fraction of sp³-hybridized carbons (Fsp3) is 0.667. The van der Waals surface area contributed by atoms with E-state index in [1.165, 1.54) is 29.9 Å². The number of ether oxygens (including phenoxy) is 1. The van der Waals surface area contributed by atoms with E-state index in [2.05, 4.69) is 16.9 Å². The fourth-order valence-corrected chi connectivity index (χ4v) is 7.28. The molecule has 0 saturated carbocycles. The third-order valence-electron chi connectivity index (χ3n) is 2.21. The van der Waals surface area contributed by atoms with E-state index in [0.29, 0.717) is 24.1 Å². The van der Waals surface area contributed by atoms with E-state index >= 15 is 0 Å². The Labute approximate surface area is 128 Å². The molecular weight excluding hydrogens is 315 g/mol. The maximum atomic E-state index is 12.4. The van der Waals surface area contributed by atoms with Crippen LogP contribution in [-0.4, -0.2) is 29.4 Å². The largest absolute Gasteiger partial charge is 0.478 e. The van der Waals surface area contributed by atoms with Crippen LogP contribution >= 0.6 is 28.5 Å². The maximum absolute atomic E-state index is 12.4. The molecule has 0 spiro atoms. The molecular formula is C12H21N2O3PS2. The lowest BCUT2D eigenvalue weighted by Crippen LogP contribution is -2.00. The van der Waals surface area contributed by atoms with E-state index in [1.807, 2.05) is 13.8 Å². The van der Waals surface area contributed by atoms with E-state index < -0.39 is 5.77 Å². The first-order valence-corrected chi connectivity index (χ1v) is 11.3. The monoisotopic (exact) mass is 336 g/mol. The first-order chi connectivity index (χ1) is 9.53. The molecule has 1 rings (SSSR count). The summed E-state index contributed by atoms with van der Waals surface area (Å²) in [6.45, 7) is 6.34. The van der Waals surface area contributed by atoms with Crippen LogP contribution in [0.4, 0.5) is 0 Å². The van der Waals surface area contributed by atoms with Crippen LogP contribution in [0, 0.1) is 6.92 Å². The Kier molecular flexibility index (Phi) is 7.95. The number of nitrogens with zero attached hydrogens (tertiary/aromatic N) is 2. The minimum Gasteiger partial charge on any atom is -0.478 e. The fourth-order valence-electron chi connectivity index (χ4n) is 1.39. The highest BCUT2D eigenvalue weighted by atomic mass is 33.1. The van der Waals surface area contributed by atoms with Gasteiger partial charge >= 0.3 is 5.77 Å². The highest BCUT2D eigenvalue weighted by Crippen LogP contribution is 2.70. The molecule has 0 fully saturated rings. The Bertz CT molecular complexity index is 474. The summed E-state index contributed by atoms with van der Waals surface area (Å²) in [6.07, 6.45) is 0.972. The Morgan fingerprint density at radius 1 is 1.30 bits per heavy atom. The summed E-state index contributed by atoms with van der Waals surface area (Å²) >= 11 is 2.69. The second-order valence-corrected chi connectivity index (χ2v) is 11.5. The molecule has 0 saturated heterocycles. The smallest absolute Gasteiger partial charge is 0.313 e. The van der Waals surface area contributed by atoms with Crippen molar-refractivity contribution in [3.05, 3.63) is 17.6 Å². The van der Waals surface area contributed by atoms with Crippen LogP contribution in [0.2, 0.25) is 0 Å². The Balaban J connectivity index is 2.70. The molecule has 0 aliphatic carbocycles. The quantitative estimate of drug-likeness (QED) is 0.622. The summed E-state index contributed by atoms with van der Waals surface area (Å²) < 4.78 is 23.0. The minimum absolute atomic E-state index is 0.519. The lowest BCUT2D eigenvalue weighted by atomic mass is 10.4. The average Bonchev–Trinajstić information content (AvgIpc) is 2.43. The van der Waals surface area contributed by atoms with Gasteiger partial charge in [-0.25, -0.2) is 4.98 Å². The summed E-state index contributed by atoms with van der Waals surface area (Å²) in [4.78, 5) is 8.53. The Morgan fingerprint density at radius 2 is 2.05 bits per heavy atom. The average molecular weight is 336 g/mol. The second-order valence-electron chi connectivity index (χ2n) is 3.91. The third-order valence-corrected chi connectivity index (χ3v) is 9.93. The van der Waals surface area contributed by atoms with Crippen LogP contribution in [0.25, 0.3) is 0 Å². The number of hydrogen-bond acceptors (Lipinski definition) is 7. The van der Waals surface area contributed by atoms with Gasteiger partial charge in [-0.2, -0.15) is 4.98 Å². The molecule has 0 aliphatic rings. The molecule has 0 aromatic carbocycles. The molecule has 0 aliphatic heterocycles. The summed E-state index contributed by atoms with van der Waals surface area (Å²) in [7, 11) is 1.49. The van der Waals surface area contributed by atoms with E-state index in [4.69, 9.17) is 9.26 Å². The van der Waals surface area contributed by atoms with Crippen molar-refractivity contribution >= 4 is 28.5 Å². The molecule has 20 heavy (non-hydrogen) atoms. The molecule has 114 valence electrons. The Morgan fingerprint density at radius 3 is 2.65 bits per heavy atom. The lowest BCUT2D eigenvalue weighted by Gasteiger charge is -2.14. The summed E-state index contributed by atoms with van der Waals surface area (Å²) in [5.41, 5.74) is 0.806. The van der Waals surface area contributed by atoms with Gasteiger partial charge in [0.05, 0.1) is 12.3 Å². The van der Waals surface area contributed by atoms with Gasteiger partial charge in [0.1, 0.15) is 5.82 Å². The van der Waals surface area contributed by atoms with Gasteiger partial charge in [0.25, 0.3) is 0 Å². The van der Waals surface area contributed by atoms with Crippen LogP contribution in [0.5, 0.6) is 5.88 Å². The summed E-state index contributed by atoms with van der Waals surface area (Å²) in [5.74, 6) is -0.140. The van der Waals surface area contributed by atoms with E-state index in [1.54, 1.807) is 6.07 Å². The molecule has 0 bridgehead atoms. The topological polar surface area (TPSA) is 61.3 Å².